The van der Waals surface area contributed by atoms with Crippen molar-refractivity contribution in [2.24, 2.45) is 0 Å². The van der Waals surface area contributed by atoms with Crippen LogP contribution in [0, 0.1) is 6.92 Å². The topological polar surface area (TPSA) is 72.7 Å². The number of pyridine rings is 1. The Bertz CT molecular complexity index is 1400. The van der Waals surface area contributed by atoms with Crippen molar-refractivity contribution < 1.29 is 22.7 Å². The Hall–Kier alpha value is -4.14. The first kappa shape index (κ1) is 22.1. The van der Waals surface area contributed by atoms with Crippen LogP contribution in [0.15, 0.2) is 77.7 Å². The van der Waals surface area contributed by atoms with Gasteiger partial charge in [-0.25, -0.2) is 4.98 Å². The first-order valence-corrected chi connectivity index (χ1v) is 9.90. The van der Waals surface area contributed by atoms with Crippen molar-refractivity contribution in [3.05, 3.63) is 106 Å². The van der Waals surface area contributed by atoms with E-state index in [0.717, 1.165) is 17.7 Å². The van der Waals surface area contributed by atoms with E-state index in [2.05, 4.69) is 10.3 Å². The Labute approximate surface area is 186 Å². The fourth-order valence-corrected chi connectivity index (χ4v) is 3.28. The van der Waals surface area contributed by atoms with Crippen molar-refractivity contribution in [3.63, 3.8) is 0 Å². The summed E-state index contributed by atoms with van der Waals surface area (Å²) in [5, 5.41) is 2.46. The highest BCUT2D eigenvalue weighted by atomic mass is 19.4. The van der Waals surface area contributed by atoms with Gasteiger partial charge in [0.2, 0.25) is 0 Å². The summed E-state index contributed by atoms with van der Waals surface area (Å²) in [7, 11) is 0. The fraction of sp³-hybridized carbons (Fsp3) is 0.125. The van der Waals surface area contributed by atoms with Crippen molar-refractivity contribution >= 4 is 17.2 Å². The number of carbonyl (C=O) groups is 1. The molecule has 0 spiro atoms. The van der Waals surface area contributed by atoms with Crippen molar-refractivity contribution in [2.75, 3.05) is 5.32 Å². The third kappa shape index (κ3) is 5.03. The number of alkyl halides is 3. The van der Waals surface area contributed by atoms with E-state index >= 15 is 0 Å². The Morgan fingerprint density at radius 2 is 1.85 bits per heavy atom. The van der Waals surface area contributed by atoms with Crippen LogP contribution in [0.2, 0.25) is 0 Å². The first-order valence-electron chi connectivity index (χ1n) is 9.90. The number of hydrogen-bond acceptors (Lipinski definition) is 4. The highest BCUT2D eigenvalue weighted by molar-refractivity contribution is 6.05. The molecule has 2 heterocycles. The molecule has 2 aromatic carbocycles. The van der Waals surface area contributed by atoms with Crippen LogP contribution in [0.4, 0.5) is 18.9 Å². The summed E-state index contributed by atoms with van der Waals surface area (Å²) in [4.78, 5) is 29.1. The molecule has 1 amide bonds. The molecule has 0 saturated heterocycles. The number of hydrogen-bond donors (Lipinski definition) is 1. The summed E-state index contributed by atoms with van der Waals surface area (Å²) < 4.78 is 46.7. The molecule has 0 fully saturated rings. The molecule has 0 aliphatic carbocycles. The maximum atomic E-state index is 13.2. The zero-order valence-electron chi connectivity index (χ0n) is 17.4. The smallest absolute Gasteiger partial charge is 0.417 e. The lowest BCUT2D eigenvalue weighted by Gasteiger charge is -2.13. The molecule has 168 valence electrons. The van der Waals surface area contributed by atoms with Gasteiger partial charge < -0.3 is 10.1 Å². The van der Waals surface area contributed by atoms with Gasteiger partial charge in [-0.2, -0.15) is 13.2 Å². The van der Waals surface area contributed by atoms with E-state index in [4.69, 9.17) is 4.74 Å². The van der Waals surface area contributed by atoms with E-state index in [1.165, 1.54) is 34.7 Å². The number of rotatable bonds is 5. The van der Waals surface area contributed by atoms with Crippen molar-refractivity contribution in [1.29, 1.82) is 0 Å². The lowest BCUT2D eigenvalue weighted by Crippen LogP contribution is -2.18. The van der Waals surface area contributed by atoms with Crippen molar-refractivity contribution in [1.82, 2.24) is 9.38 Å². The number of benzene rings is 2. The van der Waals surface area contributed by atoms with Gasteiger partial charge in [0.15, 0.2) is 0 Å². The van der Waals surface area contributed by atoms with E-state index < -0.39 is 23.2 Å². The Morgan fingerprint density at radius 3 is 2.64 bits per heavy atom. The van der Waals surface area contributed by atoms with Crippen LogP contribution < -0.4 is 15.6 Å². The van der Waals surface area contributed by atoms with Gasteiger partial charge >= 0.3 is 6.18 Å². The Morgan fingerprint density at radius 1 is 1.06 bits per heavy atom. The number of nitrogens with zero attached hydrogens (tertiary/aromatic N) is 2. The molecule has 0 aliphatic heterocycles. The molecular weight excluding hydrogens is 435 g/mol. The molecule has 0 unspecified atom stereocenters. The molecule has 0 atom stereocenters. The van der Waals surface area contributed by atoms with Crippen LogP contribution in [0.25, 0.3) is 5.65 Å². The number of carbonyl (C=O) groups excluding carboxylic acids is 1. The average Bonchev–Trinajstić information content (AvgIpc) is 2.77. The number of anilines is 1. The number of nitrogens with one attached hydrogen (secondary N) is 1. The minimum absolute atomic E-state index is 0.00596. The first-order chi connectivity index (χ1) is 15.7. The molecule has 2 aromatic heterocycles. The molecule has 0 radical (unpaired) electrons. The lowest BCUT2D eigenvalue weighted by molar-refractivity contribution is -0.137. The molecule has 0 aliphatic rings. The highest BCUT2D eigenvalue weighted by Crippen LogP contribution is 2.32. The molecular formula is C24H18F3N3O3. The predicted molar refractivity (Wildman–Crippen MR) is 116 cm³/mol. The van der Waals surface area contributed by atoms with Crippen molar-refractivity contribution in [3.8, 4) is 5.75 Å². The second-order valence-electron chi connectivity index (χ2n) is 7.33. The van der Waals surface area contributed by atoms with Gasteiger partial charge in [0.05, 0.1) is 16.8 Å². The number of halogens is 3. The van der Waals surface area contributed by atoms with Crippen LogP contribution in [-0.4, -0.2) is 15.3 Å². The number of aryl methyl sites for hydroxylation is 1. The van der Waals surface area contributed by atoms with E-state index in [1.807, 2.05) is 6.92 Å². The zero-order valence-corrected chi connectivity index (χ0v) is 17.4. The number of aromatic nitrogens is 2. The molecule has 0 saturated carbocycles. The van der Waals surface area contributed by atoms with Crippen LogP contribution in [-0.2, 0) is 12.8 Å². The summed E-state index contributed by atoms with van der Waals surface area (Å²) >= 11 is 0. The SMILES string of the molecule is Cc1ccn2c(=O)cc(COc3cccc(NC(=O)c4ccccc4C(F)(F)F)c3)nc2c1. The standard InChI is InChI=1S/C24H18F3N3O3/c1-15-9-10-30-21(11-15)28-17(13-22(30)31)14-33-18-6-4-5-16(12-18)29-23(32)19-7-2-3-8-20(19)24(25,26)27/h2-13H,14H2,1H3,(H,29,32). The quantitative estimate of drug-likeness (QED) is 0.469. The average molecular weight is 453 g/mol. The fourth-order valence-electron chi connectivity index (χ4n) is 3.28. The summed E-state index contributed by atoms with van der Waals surface area (Å²) in [6.07, 6.45) is -3.00. The zero-order chi connectivity index (χ0) is 23.6. The van der Waals surface area contributed by atoms with Gasteiger partial charge in [0.1, 0.15) is 18.0 Å². The second kappa shape index (κ2) is 8.78. The van der Waals surface area contributed by atoms with E-state index in [1.54, 1.807) is 30.5 Å². The molecule has 4 aromatic rings. The van der Waals surface area contributed by atoms with Crippen LogP contribution in [0.5, 0.6) is 5.75 Å². The molecule has 0 bridgehead atoms. The number of ether oxygens (including phenoxy) is 1. The third-order valence-corrected chi connectivity index (χ3v) is 4.83. The monoisotopic (exact) mass is 453 g/mol. The van der Waals surface area contributed by atoms with Gasteiger partial charge in [-0.3, -0.25) is 14.0 Å². The van der Waals surface area contributed by atoms with Gasteiger partial charge in [0.25, 0.3) is 11.5 Å². The largest absolute Gasteiger partial charge is 0.487 e. The van der Waals surface area contributed by atoms with E-state index in [-0.39, 0.29) is 17.9 Å². The van der Waals surface area contributed by atoms with Crippen molar-refractivity contribution in [2.45, 2.75) is 19.7 Å². The van der Waals surface area contributed by atoms with Gasteiger partial charge in [-0.05, 0) is 48.9 Å². The Kier molecular flexibility index (Phi) is 5.87. The van der Waals surface area contributed by atoms with E-state index in [9.17, 15) is 22.8 Å². The second-order valence-corrected chi connectivity index (χ2v) is 7.33. The third-order valence-electron chi connectivity index (χ3n) is 4.83. The maximum absolute atomic E-state index is 13.2. The summed E-state index contributed by atoms with van der Waals surface area (Å²) in [6, 6.07) is 15.7. The summed E-state index contributed by atoms with van der Waals surface area (Å²) in [6.45, 7) is 1.89. The molecule has 4 rings (SSSR count). The van der Waals surface area contributed by atoms with Crippen LogP contribution >= 0.6 is 0 Å². The van der Waals surface area contributed by atoms with Gasteiger partial charge in [-0.15, -0.1) is 0 Å². The summed E-state index contributed by atoms with van der Waals surface area (Å²) in [5.74, 6) is -0.539. The molecule has 9 heteroatoms. The minimum atomic E-state index is -4.65. The maximum Gasteiger partial charge on any atom is 0.417 e. The Balaban J connectivity index is 1.50. The van der Waals surface area contributed by atoms with Gasteiger partial charge in [-0.1, -0.05) is 18.2 Å². The highest BCUT2D eigenvalue weighted by Gasteiger charge is 2.34. The molecule has 33 heavy (non-hydrogen) atoms. The van der Waals surface area contributed by atoms with Gasteiger partial charge in [0, 0.05) is 24.0 Å². The predicted octanol–water partition coefficient (Wildman–Crippen LogP) is 4.85. The lowest BCUT2D eigenvalue weighted by atomic mass is 10.1. The molecule has 1 N–H and O–H groups in total. The normalized spacial score (nSPS) is 11.4. The molecule has 6 nitrogen and oxygen atoms in total. The summed E-state index contributed by atoms with van der Waals surface area (Å²) in [5.41, 5.74) is 0.381. The van der Waals surface area contributed by atoms with Crippen LogP contribution in [0.3, 0.4) is 0 Å². The minimum Gasteiger partial charge on any atom is -0.487 e. The number of amides is 1. The number of fused-ring (bicyclic) bond motifs is 1. The van der Waals surface area contributed by atoms with Crippen LogP contribution in [0.1, 0.15) is 27.2 Å². The van der Waals surface area contributed by atoms with E-state index in [0.29, 0.717) is 17.1 Å².